The lowest BCUT2D eigenvalue weighted by molar-refractivity contribution is 0.682. The van der Waals surface area contributed by atoms with Crippen LogP contribution in [0, 0.1) is 23.7 Å². The highest BCUT2D eigenvalue weighted by molar-refractivity contribution is 5.84. The van der Waals surface area contributed by atoms with Gasteiger partial charge in [-0.1, -0.05) is 55.4 Å². The van der Waals surface area contributed by atoms with E-state index in [0.29, 0.717) is 23.7 Å². The highest BCUT2D eigenvalue weighted by Crippen LogP contribution is 2.34. The van der Waals surface area contributed by atoms with Gasteiger partial charge >= 0.3 is 0 Å². The molecule has 4 N–H and O–H groups in total. The van der Waals surface area contributed by atoms with Gasteiger partial charge in [-0.05, 0) is 35.8 Å². The molecule has 0 saturated carbocycles. The Balaban J connectivity index is 3.14. The van der Waals surface area contributed by atoms with Gasteiger partial charge in [0.2, 0.25) is 0 Å². The van der Waals surface area contributed by atoms with E-state index in [1.807, 2.05) is 0 Å². The van der Waals surface area contributed by atoms with Crippen LogP contribution >= 0.6 is 0 Å². The topological polar surface area (TPSA) is 48.1 Å². The average molecular weight is 363 g/mol. The summed E-state index contributed by atoms with van der Waals surface area (Å²) < 4.78 is 0. The van der Waals surface area contributed by atoms with Crippen LogP contribution in [0.2, 0.25) is 0 Å². The maximum absolute atomic E-state index is 3.63. The zero-order chi connectivity index (χ0) is 19.7. The van der Waals surface area contributed by atoms with E-state index in [-0.39, 0.29) is 0 Å². The smallest absolute Gasteiger partial charge is 0.0598 e. The first kappa shape index (κ1) is 22.5. The summed E-state index contributed by atoms with van der Waals surface area (Å²) in [6.07, 6.45) is 0. The van der Waals surface area contributed by atoms with Crippen molar-refractivity contribution in [3.05, 3.63) is 12.1 Å². The first-order valence-electron chi connectivity index (χ1n) is 10.3. The quantitative estimate of drug-likeness (QED) is 0.370. The Morgan fingerprint density at radius 3 is 0.808 bits per heavy atom. The highest BCUT2D eigenvalue weighted by atomic mass is 15.0. The Morgan fingerprint density at radius 2 is 0.654 bits per heavy atom. The summed E-state index contributed by atoms with van der Waals surface area (Å²) in [6, 6.07) is 4.52. The molecular weight excluding hydrogens is 320 g/mol. The van der Waals surface area contributed by atoms with Crippen LogP contribution in [0.15, 0.2) is 12.1 Å². The number of hydrogen-bond donors (Lipinski definition) is 4. The maximum atomic E-state index is 3.63. The van der Waals surface area contributed by atoms with E-state index in [1.54, 1.807) is 0 Å². The SMILES string of the molecule is CC(C)CNc1cc(NCC(C)C)c(NCC(C)C)cc1NCC(C)C. The molecule has 0 heterocycles. The van der Waals surface area contributed by atoms with Crippen LogP contribution < -0.4 is 21.3 Å². The van der Waals surface area contributed by atoms with Gasteiger partial charge in [-0.3, -0.25) is 0 Å². The molecular formula is C22H42N4. The number of anilines is 4. The highest BCUT2D eigenvalue weighted by Gasteiger charge is 2.12. The summed E-state index contributed by atoms with van der Waals surface area (Å²) in [5.74, 6) is 2.44. The molecule has 150 valence electrons. The molecule has 0 bridgehead atoms. The van der Waals surface area contributed by atoms with E-state index >= 15 is 0 Å². The fourth-order valence-corrected chi connectivity index (χ4v) is 2.44. The minimum atomic E-state index is 0.610. The van der Waals surface area contributed by atoms with Crippen molar-refractivity contribution in [2.75, 3.05) is 47.4 Å². The van der Waals surface area contributed by atoms with Gasteiger partial charge in [-0.15, -0.1) is 0 Å². The van der Waals surface area contributed by atoms with Gasteiger partial charge in [0.1, 0.15) is 0 Å². The van der Waals surface area contributed by atoms with Crippen molar-refractivity contribution in [1.29, 1.82) is 0 Å². The summed E-state index contributed by atoms with van der Waals surface area (Å²) >= 11 is 0. The molecule has 0 fully saturated rings. The Bertz CT molecular complexity index is 431. The molecule has 0 atom stereocenters. The van der Waals surface area contributed by atoms with Gasteiger partial charge in [0.15, 0.2) is 0 Å². The zero-order valence-electron chi connectivity index (χ0n) is 18.3. The summed E-state index contributed by atoms with van der Waals surface area (Å²) in [4.78, 5) is 0. The fourth-order valence-electron chi connectivity index (χ4n) is 2.44. The second-order valence-electron chi connectivity index (χ2n) is 9.04. The lowest BCUT2D eigenvalue weighted by Gasteiger charge is -2.22. The second kappa shape index (κ2) is 11.2. The van der Waals surface area contributed by atoms with Crippen LogP contribution in [0.5, 0.6) is 0 Å². The molecule has 0 aliphatic heterocycles. The molecule has 0 amide bonds. The third-order valence-electron chi connectivity index (χ3n) is 3.96. The minimum Gasteiger partial charge on any atom is -0.383 e. The van der Waals surface area contributed by atoms with E-state index in [0.717, 1.165) is 26.2 Å². The maximum Gasteiger partial charge on any atom is 0.0598 e. The molecule has 0 unspecified atom stereocenters. The molecule has 1 aromatic carbocycles. The average Bonchev–Trinajstić information content (AvgIpc) is 2.54. The normalized spacial score (nSPS) is 11.5. The van der Waals surface area contributed by atoms with E-state index in [2.05, 4.69) is 88.8 Å². The molecule has 0 radical (unpaired) electrons. The Kier molecular flexibility index (Phi) is 9.68. The molecule has 0 aromatic heterocycles. The van der Waals surface area contributed by atoms with Crippen LogP contribution in [0.3, 0.4) is 0 Å². The predicted molar refractivity (Wildman–Crippen MR) is 120 cm³/mol. The van der Waals surface area contributed by atoms with E-state index in [4.69, 9.17) is 0 Å². The van der Waals surface area contributed by atoms with Crippen molar-refractivity contribution >= 4 is 22.7 Å². The van der Waals surface area contributed by atoms with Crippen LogP contribution in [0.4, 0.5) is 22.7 Å². The van der Waals surface area contributed by atoms with Crippen LogP contribution in [-0.4, -0.2) is 26.2 Å². The Morgan fingerprint density at radius 1 is 0.462 bits per heavy atom. The van der Waals surface area contributed by atoms with Crippen LogP contribution in [0.1, 0.15) is 55.4 Å². The Hall–Kier alpha value is -1.58. The largest absolute Gasteiger partial charge is 0.383 e. The second-order valence-corrected chi connectivity index (χ2v) is 9.04. The zero-order valence-corrected chi connectivity index (χ0v) is 18.3. The summed E-state index contributed by atoms with van der Waals surface area (Å²) in [7, 11) is 0. The third kappa shape index (κ3) is 8.68. The van der Waals surface area contributed by atoms with Gasteiger partial charge in [0, 0.05) is 26.2 Å². The summed E-state index contributed by atoms with van der Waals surface area (Å²) in [5, 5.41) is 14.5. The lowest BCUT2D eigenvalue weighted by Crippen LogP contribution is -2.16. The van der Waals surface area contributed by atoms with Gasteiger partial charge in [-0.2, -0.15) is 0 Å². The van der Waals surface area contributed by atoms with E-state index < -0.39 is 0 Å². The van der Waals surface area contributed by atoms with Crippen molar-refractivity contribution in [3.63, 3.8) is 0 Å². The molecule has 1 aromatic rings. The molecule has 0 spiro atoms. The van der Waals surface area contributed by atoms with E-state index in [1.165, 1.54) is 22.7 Å². The molecule has 0 saturated heterocycles. The first-order chi connectivity index (χ1) is 12.2. The van der Waals surface area contributed by atoms with Crippen LogP contribution in [0.25, 0.3) is 0 Å². The third-order valence-corrected chi connectivity index (χ3v) is 3.96. The van der Waals surface area contributed by atoms with Crippen molar-refractivity contribution in [3.8, 4) is 0 Å². The van der Waals surface area contributed by atoms with Gasteiger partial charge < -0.3 is 21.3 Å². The summed E-state index contributed by atoms with van der Waals surface area (Å²) in [5.41, 5.74) is 4.72. The van der Waals surface area contributed by atoms with Crippen molar-refractivity contribution in [1.82, 2.24) is 0 Å². The predicted octanol–water partition coefficient (Wildman–Crippen LogP) is 5.96. The van der Waals surface area contributed by atoms with Gasteiger partial charge in [0.25, 0.3) is 0 Å². The molecule has 4 heteroatoms. The Labute approximate surface area is 161 Å². The molecule has 0 aliphatic rings. The number of hydrogen-bond acceptors (Lipinski definition) is 4. The molecule has 1 rings (SSSR count). The monoisotopic (exact) mass is 362 g/mol. The number of rotatable bonds is 12. The van der Waals surface area contributed by atoms with Gasteiger partial charge in [-0.25, -0.2) is 0 Å². The molecule has 26 heavy (non-hydrogen) atoms. The molecule has 0 aliphatic carbocycles. The molecule has 4 nitrogen and oxygen atoms in total. The fraction of sp³-hybridized carbons (Fsp3) is 0.727. The summed E-state index contributed by atoms with van der Waals surface area (Å²) in [6.45, 7) is 21.8. The number of nitrogens with one attached hydrogen (secondary N) is 4. The van der Waals surface area contributed by atoms with Crippen molar-refractivity contribution in [2.45, 2.75) is 55.4 Å². The first-order valence-corrected chi connectivity index (χ1v) is 10.3. The van der Waals surface area contributed by atoms with E-state index in [9.17, 15) is 0 Å². The minimum absolute atomic E-state index is 0.610. The van der Waals surface area contributed by atoms with Crippen molar-refractivity contribution < 1.29 is 0 Å². The van der Waals surface area contributed by atoms with Crippen LogP contribution in [-0.2, 0) is 0 Å². The lowest BCUT2D eigenvalue weighted by atomic mass is 10.1. The van der Waals surface area contributed by atoms with Crippen molar-refractivity contribution in [2.24, 2.45) is 23.7 Å². The van der Waals surface area contributed by atoms with Gasteiger partial charge in [0.05, 0.1) is 22.7 Å². The number of benzene rings is 1. The standard InChI is InChI=1S/C22H42N4/c1-15(2)11-23-19-9-21(25-13-17(5)6)22(26-14-18(7)8)10-20(19)24-12-16(3)4/h9-10,15-18,23-26H,11-14H2,1-8H3.